The van der Waals surface area contributed by atoms with Crippen LogP contribution in [-0.2, 0) is 27.5 Å². The Hall–Kier alpha value is -3.40. The monoisotopic (exact) mass is 689 g/mol. The number of carbonyl (C=O) groups excluding carboxylic acids is 1. The molecule has 0 unspecified atom stereocenters. The van der Waals surface area contributed by atoms with Crippen LogP contribution in [-0.4, -0.2) is 49.4 Å². The number of anilines is 1. The summed E-state index contributed by atoms with van der Waals surface area (Å²) in [5, 5.41) is 12.4. The van der Waals surface area contributed by atoms with Crippen LogP contribution < -0.4 is 14.4 Å². The van der Waals surface area contributed by atoms with Gasteiger partial charge in [0.1, 0.15) is 11.4 Å². The number of pyridine rings is 1. The van der Waals surface area contributed by atoms with Crippen molar-refractivity contribution in [1.29, 1.82) is 0 Å². The maximum absolute atomic E-state index is 13.5. The van der Waals surface area contributed by atoms with Gasteiger partial charge in [-0.05, 0) is 117 Å². The predicted molar refractivity (Wildman–Crippen MR) is 188 cm³/mol. The van der Waals surface area contributed by atoms with Crippen molar-refractivity contribution in [1.82, 2.24) is 9.71 Å². The number of hydrogen-bond acceptors (Lipinski definition) is 7. The summed E-state index contributed by atoms with van der Waals surface area (Å²) < 4.78 is 35.8. The molecule has 1 spiro atoms. The molecule has 1 saturated carbocycles. The number of carbonyl (C=O) groups is 1. The Kier molecular flexibility index (Phi) is 8.61. The van der Waals surface area contributed by atoms with E-state index in [-0.39, 0.29) is 28.7 Å². The highest BCUT2D eigenvalue weighted by Gasteiger charge is 2.49. The first kappa shape index (κ1) is 33.1. The SMILES string of the molecule is Cc1ccc([C@]2(O)/C=C/C[C@H](C)[C@@H](C)S(=O)(=O)NC(=O)c3ccc4c(c3)N(C[C@@H]3CC[C@H]32)C[C@@]2(CCCc3cc(Cl)ccc32)CO4)nc1. The summed E-state index contributed by atoms with van der Waals surface area (Å²) >= 11 is 6.44. The van der Waals surface area contributed by atoms with Crippen LogP contribution in [0.1, 0.15) is 78.7 Å². The molecule has 254 valence electrons. The number of aromatic nitrogens is 1. The Labute approximate surface area is 288 Å². The highest BCUT2D eigenvalue weighted by Crippen LogP contribution is 2.50. The number of ether oxygens (including phenoxy) is 1. The van der Waals surface area contributed by atoms with E-state index in [1.165, 1.54) is 11.1 Å². The number of benzene rings is 2. The number of sulfonamides is 1. The van der Waals surface area contributed by atoms with E-state index in [4.69, 9.17) is 21.3 Å². The van der Waals surface area contributed by atoms with Gasteiger partial charge < -0.3 is 14.7 Å². The van der Waals surface area contributed by atoms with Crippen LogP contribution in [0.15, 0.2) is 66.9 Å². The first-order chi connectivity index (χ1) is 22.9. The van der Waals surface area contributed by atoms with Crippen LogP contribution in [0.3, 0.4) is 0 Å². The third kappa shape index (κ3) is 5.92. The summed E-state index contributed by atoms with van der Waals surface area (Å²) in [5.41, 5.74) is 3.44. The van der Waals surface area contributed by atoms with E-state index in [9.17, 15) is 18.3 Å². The second-order valence-electron chi connectivity index (χ2n) is 14.6. The lowest BCUT2D eigenvalue weighted by Gasteiger charge is -2.49. The molecule has 10 heteroatoms. The van der Waals surface area contributed by atoms with Gasteiger partial charge in [0.25, 0.3) is 5.91 Å². The van der Waals surface area contributed by atoms with Crippen LogP contribution >= 0.6 is 11.6 Å². The van der Waals surface area contributed by atoms with Gasteiger partial charge in [-0.15, -0.1) is 0 Å². The van der Waals surface area contributed by atoms with Gasteiger partial charge in [0.2, 0.25) is 10.0 Å². The third-order valence-electron chi connectivity index (χ3n) is 11.5. The first-order valence-electron chi connectivity index (χ1n) is 17.1. The molecule has 1 amide bonds. The van der Waals surface area contributed by atoms with Crippen molar-refractivity contribution in [2.45, 2.75) is 75.6 Å². The third-order valence-corrected chi connectivity index (χ3v) is 13.6. The molecule has 7 rings (SSSR count). The zero-order valence-corrected chi connectivity index (χ0v) is 29.4. The van der Waals surface area contributed by atoms with E-state index >= 15 is 0 Å². The number of allylic oxidation sites excluding steroid dienone is 1. The Morgan fingerprint density at radius 1 is 1.10 bits per heavy atom. The molecule has 4 aliphatic rings. The van der Waals surface area contributed by atoms with E-state index in [0.29, 0.717) is 37.6 Å². The lowest BCUT2D eigenvalue weighted by molar-refractivity contribution is -0.0529. The Balaban J connectivity index is 1.35. The average molecular weight is 690 g/mol. The summed E-state index contributed by atoms with van der Waals surface area (Å²) in [6.45, 7) is 7.19. The standard InChI is InChI=1S/C38H44ClN3O5S/c1-24-8-15-35(40-20-24)38(44)17-4-6-25(2)26(3)48(45,46)41-36(43)28-10-14-34-33(19-28)42(21-29-9-12-32(29)38)22-37(23-47-34)16-5-7-27-18-30(39)11-13-31(27)37/h4,8,10-11,13-15,17-20,25-26,29,32,44H,5-7,9,12,16,21-23H2,1-3H3,(H,41,43)/b17-4+/t25-,26+,29-,32+,37-,38-/m0/s1. The second-order valence-corrected chi connectivity index (χ2v) is 17.0. The number of halogens is 1. The van der Waals surface area contributed by atoms with Crippen LogP contribution in [0, 0.1) is 24.7 Å². The molecule has 2 aliphatic heterocycles. The van der Waals surface area contributed by atoms with Crippen LogP contribution in [0.2, 0.25) is 5.02 Å². The summed E-state index contributed by atoms with van der Waals surface area (Å²) in [5.74, 6) is -0.298. The zero-order valence-electron chi connectivity index (χ0n) is 27.8. The molecule has 1 fully saturated rings. The largest absolute Gasteiger partial charge is 0.490 e. The average Bonchev–Trinajstić information content (AvgIpc) is 3.19. The molecule has 48 heavy (non-hydrogen) atoms. The van der Waals surface area contributed by atoms with Gasteiger partial charge in [0.15, 0.2) is 0 Å². The van der Waals surface area contributed by atoms with Crippen LogP contribution in [0.25, 0.3) is 0 Å². The smallest absolute Gasteiger partial charge is 0.264 e. The van der Waals surface area contributed by atoms with Crippen LogP contribution in [0.5, 0.6) is 5.75 Å². The number of nitrogens with one attached hydrogen (secondary N) is 1. The summed E-state index contributed by atoms with van der Waals surface area (Å²) in [7, 11) is -3.99. The maximum Gasteiger partial charge on any atom is 0.264 e. The van der Waals surface area contributed by atoms with Gasteiger partial charge >= 0.3 is 0 Å². The number of aryl methyl sites for hydroxylation is 2. The van der Waals surface area contributed by atoms with Crippen molar-refractivity contribution in [3.63, 3.8) is 0 Å². The topological polar surface area (TPSA) is 109 Å². The van der Waals surface area contributed by atoms with Crippen molar-refractivity contribution in [2.24, 2.45) is 17.8 Å². The van der Waals surface area contributed by atoms with Gasteiger partial charge in [-0.3, -0.25) is 9.78 Å². The minimum atomic E-state index is -3.99. The lowest BCUT2D eigenvalue weighted by Crippen LogP contribution is -2.51. The normalized spacial score (nSPS) is 32.1. The Morgan fingerprint density at radius 3 is 2.69 bits per heavy atom. The molecule has 0 saturated heterocycles. The molecular formula is C38H44ClN3O5S. The summed E-state index contributed by atoms with van der Waals surface area (Å²) in [6, 6.07) is 15.2. The van der Waals surface area contributed by atoms with Gasteiger partial charge in [0.05, 0.1) is 23.2 Å². The van der Waals surface area contributed by atoms with Crippen LogP contribution in [0.4, 0.5) is 5.69 Å². The summed E-state index contributed by atoms with van der Waals surface area (Å²) in [4.78, 5) is 20.5. The Morgan fingerprint density at radius 2 is 1.94 bits per heavy atom. The Bertz CT molecular complexity index is 1860. The number of amides is 1. The van der Waals surface area contributed by atoms with Crippen molar-refractivity contribution in [3.05, 3.63) is 99.9 Å². The van der Waals surface area contributed by atoms with E-state index < -0.39 is 26.8 Å². The van der Waals surface area contributed by atoms with Crippen molar-refractivity contribution in [2.75, 3.05) is 24.6 Å². The van der Waals surface area contributed by atoms with Crippen molar-refractivity contribution in [3.8, 4) is 5.75 Å². The highest BCUT2D eigenvalue weighted by molar-refractivity contribution is 7.90. The maximum atomic E-state index is 13.5. The molecule has 2 aromatic carbocycles. The van der Waals surface area contributed by atoms with E-state index in [1.54, 1.807) is 31.3 Å². The molecule has 6 atom stereocenters. The fourth-order valence-electron chi connectivity index (χ4n) is 8.25. The lowest BCUT2D eigenvalue weighted by atomic mass is 9.63. The molecule has 2 aliphatic carbocycles. The van der Waals surface area contributed by atoms with Gasteiger partial charge in [0, 0.05) is 41.2 Å². The molecule has 1 aromatic heterocycles. The van der Waals surface area contributed by atoms with Gasteiger partial charge in [-0.25, -0.2) is 13.1 Å². The van der Waals surface area contributed by atoms with Gasteiger partial charge in [-0.2, -0.15) is 0 Å². The molecular weight excluding hydrogens is 646 g/mol. The van der Waals surface area contributed by atoms with Crippen molar-refractivity contribution < 1.29 is 23.1 Å². The number of rotatable bonds is 1. The number of nitrogens with zero attached hydrogens (tertiary/aromatic N) is 2. The van der Waals surface area contributed by atoms with E-state index in [0.717, 1.165) is 48.4 Å². The highest BCUT2D eigenvalue weighted by atomic mass is 35.5. The van der Waals surface area contributed by atoms with E-state index in [1.807, 2.05) is 44.2 Å². The number of hydrogen-bond donors (Lipinski definition) is 2. The number of aliphatic hydroxyl groups is 1. The van der Waals surface area contributed by atoms with Gasteiger partial charge in [-0.1, -0.05) is 42.8 Å². The molecule has 3 heterocycles. The predicted octanol–water partition coefficient (Wildman–Crippen LogP) is 6.47. The summed E-state index contributed by atoms with van der Waals surface area (Å²) in [6.07, 6.45) is 10.6. The fourth-order valence-corrected chi connectivity index (χ4v) is 9.73. The fraction of sp³-hybridized carbons (Fsp3) is 0.474. The molecule has 8 nitrogen and oxygen atoms in total. The molecule has 2 N–H and O–H groups in total. The minimum absolute atomic E-state index is 0.110. The van der Waals surface area contributed by atoms with E-state index in [2.05, 4.69) is 21.8 Å². The number of fused-ring (bicyclic) bond motifs is 4. The molecule has 2 bridgehead atoms. The molecule has 0 radical (unpaired) electrons. The minimum Gasteiger partial charge on any atom is -0.490 e. The quantitative estimate of drug-likeness (QED) is 0.282. The molecule has 3 aromatic rings. The zero-order chi connectivity index (χ0) is 33.8. The second kappa shape index (κ2) is 12.5. The first-order valence-corrected chi connectivity index (χ1v) is 19.0. The van der Waals surface area contributed by atoms with Crippen molar-refractivity contribution >= 4 is 33.2 Å².